The summed E-state index contributed by atoms with van der Waals surface area (Å²) in [6.45, 7) is 4.28. The fourth-order valence-corrected chi connectivity index (χ4v) is 2.31. The second-order valence-corrected chi connectivity index (χ2v) is 5.58. The Morgan fingerprint density at radius 1 is 1.39 bits per heavy atom. The number of carboxylic acids is 1. The lowest BCUT2D eigenvalue weighted by Crippen LogP contribution is -2.47. The third kappa shape index (κ3) is 6.40. The van der Waals surface area contributed by atoms with Gasteiger partial charge >= 0.3 is 22.3 Å². The largest absolute Gasteiger partial charge is 0.480 e. The van der Waals surface area contributed by atoms with Crippen molar-refractivity contribution in [2.75, 3.05) is 19.7 Å². The van der Waals surface area contributed by atoms with E-state index in [0.29, 0.717) is 4.31 Å². The highest BCUT2D eigenvalue weighted by Crippen LogP contribution is 2.04. The van der Waals surface area contributed by atoms with Gasteiger partial charge in [-0.25, -0.2) is 9.52 Å². The number of nitrogens with zero attached hydrogens (tertiary/aromatic N) is 1. The molecular weight excluding hydrogens is 264 g/mol. The van der Waals surface area contributed by atoms with Crippen LogP contribution in [0, 0.1) is 5.92 Å². The third-order valence-electron chi connectivity index (χ3n) is 1.71. The molecule has 0 aromatic rings. The average Bonchev–Trinajstić information content (AvgIpc) is 2.14. The molecule has 0 saturated carbocycles. The zero-order valence-corrected chi connectivity index (χ0v) is 11.4. The van der Waals surface area contributed by atoms with E-state index in [-0.39, 0.29) is 19.1 Å². The van der Waals surface area contributed by atoms with E-state index in [1.54, 1.807) is 18.6 Å². The Kier molecular flexibility index (Phi) is 6.63. The lowest BCUT2D eigenvalue weighted by Gasteiger charge is -2.21. The molecule has 0 aromatic heterocycles. The van der Waals surface area contributed by atoms with Crippen molar-refractivity contribution in [3.63, 3.8) is 0 Å². The van der Waals surface area contributed by atoms with E-state index in [1.165, 1.54) is 6.92 Å². The van der Waals surface area contributed by atoms with Crippen LogP contribution in [0.2, 0.25) is 0 Å². The lowest BCUT2D eigenvalue weighted by atomic mass is 10.2. The number of rotatable bonds is 7. The number of hydrogen-bond acceptors (Lipinski definition) is 5. The van der Waals surface area contributed by atoms with E-state index in [0.717, 1.165) is 0 Å². The van der Waals surface area contributed by atoms with Crippen LogP contribution in [-0.4, -0.2) is 49.6 Å². The molecule has 8 nitrogen and oxygen atoms in total. The second kappa shape index (κ2) is 7.17. The minimum Gasteiger partial charge on any atom is -0.480 e. The Balaban J connectivity index is 4.84. The molecule has 0 bridgehead atoms. The predicted molar refractivity (Wildman–Crippen MR) is 63.1 cm³/mol. The Labute approximate surface area is 106 Å². The van der Waals surface area contributed by atoms with Gasteiger partial charge in [0, 0.05) is 6.54 Å². The molecule has 106 valence electrons. The standard InChI is InChI=1S/C9H18N2O6S/c1-4-17-9(14)10-18(15,16)11(5-7(2)3)6-8(12)13/h7H,4-6H2,1-3H3,(H,10,14)(H,12,13). The Bertz CT molecular complexity index is 392. The van der Waals surface area contributed by atoms with Crippen LogP contribution >= 0.6 is 0 Å². The average molecular weight is 282 g/mol. The molecule has 0 aliphatic carbocycles. The van der Waals surface area contributed by atoms with E-state index in [9.17, 15) is 18.0 Å². The molecule has 0 rings (SSSR count). The van der Waals surface area contributed by atoms with E-state index in [2.05, 4.69) is 4.74 Å². The van der Waals surface area contributed by atoms with E-state index in [1.807, 2.05) is 0 Å². The van der Waals surface area contributed by atoms with Gasteiger partial charge in [0.05, 0.1) is 6.61 Å². The van der Waals surface area contributed by atoms with Crippen molar-refractivity contribution in [2.45, 2.75) is 20.8 Å². The molecule has 9 heteroatoms. The molecule has 0 spiro atoms. The fourth-order valence-electron chi connectivity index (χ4n) is 1.14. The Morgan fingerprint density at radius 3 is 2.33 bits per heavy atom. The zero-order chi connectivity index (χ0) is 14.3. The monoisotopic (exact) mass is 282 g/mol. The topological polar surface area (TPSA) is 113 Å². The van der Waals surface area contributed by atoms with E-state index in [4.69, 9.17) is 5.11 Å². The van der Waals surface area contributed by atoms with Gasteiger partial charge in [0.1, 0.15) is 6.54 Å². The number of amides is 1. The SMILES string of the molecule is CCOC(=O)NS(=O)(=O)N(CC(=O)O)CC(C)C. The number of hydrogen-bond donors (Lipinski definition) is 2. The van der Waals surface area contributed by atoms with Crippen molar-refractivity contribution >= 4 is 22.3 Å². The van der Waals surface area contributed by atoms with Gasteiger partial charge in [-0.15, -0.1) is 0 Å². The summed E-state index contributed by atoms with van der Waals surface area (Å²) in [4.78, 5) is 21.6. The molecule has 0 aliphatic rings. The summed E-state index contributed by atoms with van der Waals surface area (Å²) in [6, 6.07) is 0. The number of carboxylic acid groups (broad SMARTS) is 1. The van der Waals surface area contributed by atoms with Gasteiger partial charge in [-0.3, -0.25) is 4.79 Å². The lowest BCUT2D eigenvalue weighted by molar-refractivity contribution is -0.137. The van der Waals surface area contributed by atoms with E-state index >= 15 is 0 Å². The van der Waals surface area contributed by atoms with Crippen molar-refractivity contribution in [3.05, 3.63) is 0 Å². The number of ether oxygens (including phenoxy) is 1. The van der Waals surface area contributed by atoms with Gasteiger partial charge in [-0.1, -0.05) is 13.8 Å². The van der Waals surface area contributed by atoms with Crippen LogP contribution in [0.4, 0.5) is 4.79 Å². The molecule has 18 heavy (non-hydrogen) atoms. The first kappa shape index (κ1) is 16.6. The Hall–Kier alpha value is -1.35. The van der Waals surface area contributed by atoms with Crippen LogP contribution in [-0.2, 0) is 19.7 Å². The summed E-state index contributed by atoms with van der Waals surface area (Å²) < 4.78 is 30.2. The van der Waals surface area contributed by atoms with Crippen LogP contribution in [0.15, 0.2) is 0 Å². The van der Waals surface area contributed by atoms with E-state index < -0.39 is 28.8 Å². The minimum absolute atomic E-state index is 0.0129. The zero-order valence-electron chi connectivity index (χ0n) is 10.5. The first-order valence-corrected chi connectivity index (χ1v) is 6.79. The van der Waals surface area contributed by atoms with Gasteiger partial charge in [-0.2, -0.15) is 12.7 Å². The van der Waals surface area contributed by atoms with Crippen LogP contribution in [0.1, 0.15) is 20.8 Å². The molecule has 0 aromatic carbocycles. The van der Waals surface area contributed by atoms with Gasteiger partial charge < -0.3 is 9.84 Å². The number of carbonyl (C=O) groups is 2. The van der Waals surface area contributed by atoms with Gasteiger partial charge in [-0.05, 0) is 12.8 Å². The van der Waals surface area contributed by atoms with Crippen LogP contribution in [0.25, 0.3) is 0 Å². The quantitative estimate of drug-likeness (QED) is 0.680. The maximum Gasteiger partial charge on any atom is 0.421 e. The second-order valence-electron chi connectivity index (χ2n) is 3.91. The third-order valence-corrected chi connectivity index (χ3v) is 3.09. The van der Waals surface area contributed by atoms with Crippen molar-refractivity contribution in [1.82, 2.24) is 9.03 Å². The summed E-state index contributed by atoms with van der Waals surface area (Å²) in [5, 5.41) is 8.65. The van der Waals surface area contributed by atoms with Crippen molar-refractivity contribution in [2.24, 2.45) is 5.92 Å². The van der Waals surface area contributed by atoms with Crippen molar-refractivity contribution in [3.8, 4) is 0 Å². The van der Waals surface area contributed by atoms with Gasteiger partial charge in [0.15, 0.2) is 0 Å². The number of aliphatic carboxylic acids is 1. The Morgan fingerprint density at radius 2 is 1.94 bits per heavy atom. The van der Waals surface area contributed by atoms with Crippen molar-refractivity contribution in [1.29, 1.82) is 0 Å². The number of carbonyl (C=O) groups excluding carboxylic acids is 1. The van der Waals surface area contributed by atoms with Crippen LogP contribution in [0.3, 0.4) is 0 Å². The van der Waals surface area contributed by atoms with Gasteiger partial charge in [0.25, 0.3) is 0 Å². The molecule has 0 radical (unpaired) electrons. The van der Waals surface area contributed by atoms with Gasteiger partial charge in [0.2, 0.25) is 0 Å². The predicted octanol–water partition coefficient (Wildman–Crippen LogP) is 0.0199. The molecule has 0 heterocycles. The molecule has 1 amide bonds. The summed E-state index contributed by atoms with van der Waals surface area (Å²) in [6.07, 6.45) is -1.13. The molecular formula is C9H18N2O6S. The highest BCUT2D eigenvalue weighted by Gasteiger charge is 2.27. The summed E-state index contributed by atoms with van der Waals surface area (Å²) in [5.41, 5.74) is 0. The smallest absolute Gasteiger partial charge is 0.421 e. The summed E-state index contributed by atoms with van der Waals surface area (Å²) in [5.74, 6) is -1.38. The highest BCUT2D eigenvalue weighted by molar-refractivity contribution is 7.87. The normalized spacial score (nSPS) is 11.6. The first-order chi connectivity index (χ1) is 8.19. The molecule has 2 N–H and O–H groups in total. The maximum absolute atomic E-state index is 11.7. The molecule has 0 fully saturated rings. The van der Waals surface area contributed by atoms with Crippen LogP contribution < -0.4 is 4.72 Å². The number of nitrogens with one attached hydrogen (secondary N) is 1. The highest BCUT2D eigenvalue weighted by atomic mass is 32.2. The molecule has 0 atom stereocenters. The molecule has 0 unspecified atom stereocenters. The molecule has 0 saturated heterocycles. The fraction of sp³-hybridized carbons (Fsp3) is 0.778. The van der Waals surface area contributed by atoms with Crippen molar-refractivity contribution < 1.29 is 27.9 Å². The first-order valence-electron chi connectivity index (χ1n) is 5.35. The summed E-state index contributed by atoms with van der Waals surface area (Å²) >= 11 is 0. The minimum atomic E-state index is -4.21. The maximum atomic E-state index is 11.7. The summed E-state index contributed by atoms with van der Waals surface area (Å²) in [7, 11) is -4.21. The molecule has 0 aliphatic heterocycles. The van der Waals surface area contributed by atoms with Crippen LogP contribution in [0.5, 0.6) is 0 Å².